The van der Waals surface area contributed by atoms with Crippen LogP contribution in [0.5, 0.6) is 0 Å². The number of para-hydroxylation sites is 3. The van der Waals surface area contributed by atoms with Gasteiger partial charge in [0.1, 0.15) is 5.69 Å². The summed E-state index contributed by atoms with van der Waals surface area (Å²) in [6.45, 7) is 0.303. The summed E-state index contributed by atoms with van der Waals surface area (Å²) in [4.78, 5) is 21.9. The van der Waals surface area contributed by atoms with Gasteiger partial charge in [0.15, 0.2) is 6.29 Å². The van der Waals surface area contributed by atoms with Gasteiger partial charge >= 0.3 is 0 Å². The Kier molecular flexibility index (Phi) is 10.3. The minimum atomic E-state index is -0.617. The first-order chi connectivity index (χ1) is 26.1. The molecule has 3 atom stereocenters. The van der Waals surface area contributed by atoms with E-state index < -0.39 is 6.29 Å². The van der Waals surface area contributed by atoms with Crippen molar-refractivity contribution < 1.29 is 19.4 Å². The van der Waals surface area contributed by atoms with Crippen molar-refractivity contribution in [3.63, 3.8) is 0 Å². The number of amides is 1. The van der Waals surface area contributed by atoms with Crippen LogP contribution in [0.3, 0.4) is 0 Å². The van der Waals surface area contributed by atoms with Crippen molar-refractivity contribution in [2.45, 2.75) is 43.2 Å². The summed E-state index contributed by atoms with van der Waals surface area (Å²) in [5, 5.41) is 25.7. The zero-order chi connectivity index (χ0) is 36.0. The number of aliphatic hydroxyl groups is 1. The molecule has 0 radical (unpaired) electrons. The summed E-state index contributed by atoms with van der Waals surface area (Å²) in [5.74, 6) is 0.324. The Labute approximate surface area is 310 Å². The number of hydrogen-bond acceptors (Lipinski definition) is 10. The summed E-state index contributed by atoms with van der Waals surface area (Å²) >= 11 is 1.54. The molecule has 1 amide bonds. The number of nitrogens with one attached hydrogen (secondary N) is 1. The summed E-state index contributed by atoms with van der Waals surface area (Å²) in [5.41, 5.74) is 8.28. The lowest BCUT2D eigenvalue weighted by Crippen LogP contribution is -2.31. The predicted molar refractivity (Wildman–Crippen MR) is 201 cm³/mol. The van der Waals surface area contributed by atoms with E-state index in [2.05, 4.69) is 42.9 Å². The zero-order valence-corrected chi connectivity index (χ0v) is 29.3. The third-order valence-electron chi connectivity index (χ3n) is 9.09. The summed E-state index contributed by atoms with van der Waals surface area (Å²) < 4.78 is 14.9. The molecule has 1 fully saturated rings. The first kappa shape index (κ1) is 34.3. The normalized spacial score (nSPS) is 17.1. The smallest absolute Gasteiger partial charge is 0.271 e. The first-order valence-electron chi connectivity index (χ1n) is 17.3. The second-order valence-electron chi connectivity index (χ2n) is 12.6. The van der Waals surface area contributed by atoms with Crippen molar-refractivity contribution in [1.82, 2.24) is 35.5 Å². The highest BCUT2D eigenvalue weighted by atomic mass is 32.2. The Hall–Kier alpha value is -5.79. The van der Waals surface area contributed by atoms with Gasteiger partial charge in [-0.25, -0.2) is 4.98 Å². The Bertz CT molecular complexity index is 2320. The van der Waals surface area contributed by atoms with Crippen LogP contribution in [-0.2, 0) is 22.6 Å². The Morgan fingerprint density at radius 3 is 2.38 bits per heavy atom. The molecule has 0 spiro atoms. The van der Waals surface area contributed by atoms with Crippen LogP contribution in [-0.4, -0.2) is 53.0 Å². The molecule has 53 heavy (non-hydrogen) atoms. The van der Waals surface area contributed by atoms with Crippen molar-refractivity contribution in [2.75, 3.05) is 5.75 Å². The third kappa shape index (κ3) is 7.86. The van der Waals surface area contributed by atoms with E-state index in [0.29, 0.717) is 29.4 Å². The number of ether oxygens (including phenoxy) is 2. The predicted octanol–water partition coefficient (Wildman–Crippen LogP) is 7.03. The molecule has 11 nitrogen and oxygen atoms in total. The Morgan fingerprint density at radius 2 is 1.57 bits per heavy atom. The zero-order valence-electron chi connectivity index (χ0n) is 28.5. The molecule has 2 N–H and O–H groups in total. The fraction of sp³-hybridized carbons (Fsp3) is 0.171. The molecule has 5 aromatic carbocycles. The average Bonchev–Trinajstić information content (AvgIpc) is 3.71. The van der Waals surface area contributed by atoms with Crippen LogP contribution in [0.25, 0.3) is 27.8 Å². The number of rotatable bonds is 11. The van der Waals surface area contributed by atoms with E-state index >= 15 is 0 Å². The Morgan fingerprint density at radius 1 is 0.830 bits per heavy atom. The largest absolute Gasteiger partial charge is 0.392 e. The number of carbonyl (C=O) groups is 1. The second kappa shape index (κ2) is 15.8. The van der Waals surface area contributed by atoms with E-state index in [1.807, 2.05) is 115 Å². The lowest BCUT2D eigenvalue weighted by atomic mass is 9.97. The van der Waals surface area contributed by atoms with E-state index in [1.165, 1.54) is 18.0 Å². The van der Waals surface area contributed by atoms with Gasteiger partial charge in [-0.05, 0) is 62.5 Å². The lowest BCUT2D eigenvalue weighted by Gasteiger charge is -2.36. The molecule has 0 aliphatic carbocycles. The van der Waals surface area contributed by atoms with Crippen LogP contribution in [0.2, 0.25) is 0 Å². The van der Waals surface area contributed by atoms with Crippen LogP contribution in [0.1, 0.15) is 51.6 Å². The molecule has 8 rings (SSSR count). The molecule has 264 valence electrons. The number of fused-ring (bicyclic) bond motifs is 1. The fourth-order valence-electron chi connectivity index (χ4n) is 6.30. The number of benzene rings is 5. The van der Waals surface area contributed by atoms with Crippen LogP contribution in [0.15, 0.2) is 139 Å². The Balaban J connectivity index is 0.987. The van der Waals surface area contributed by atoms with Crippen LogP contribution in [0, 0.1) is 0 Å². The molecule has 0 saturated carbocycles. The van der Waals surface area contributed by atoms with Crippen molar-refractivity contribution in [3.05, 3.63) is 162 Å². The fourth-order valence-corrected chi connectivity index (χ4v) is 7.21. The highest BCUT2D eigenvalue weighted by molar-refractivity contribution is 7.99. The van der Waals surface area contributed by atoms with Crippen molar-refractivity contribution in [2.24, 2.45) is 0 Å². The van der Waals surface area contributed by atoms with Gasteiger partial charge in [-0.2, -0.15) is 4.68 Å². The molecule has 12 heteroatoms. The summed E-state index contributed by atoms with van der Waals surface area (Å²) in [6.07, 6.45) is 1.13. The molecule has 1 saturated heterocycles. The number of carbonyl (C=O) groups excluding carboxylic acids is 1. The SMILES string of the molecule is O=C(NCc1ccccc1-c1ccc([C@H]2O[C@@H](CSc3nnnn3-c3ccccc3)C[C@@H](c3ccc(CO)cc3)O2)cc1)c1cnc2ccccc2n1. The molecule has 0 bridgehead atoms. The summed E-state index contributed by atoms with van der Waals surface area (Å²) in [6, 6.07) is 41.3. The molecule has 2 aromatic heterocycles. The molecule has 0 unspecified atom stereocenters. The minimum absolute atomic E-state index is 0.0199. The third-order valence-corrected chi connectivity index (χ3v) is 10.1. The van der Waals surface area contributed by atoms with Crippen molar-refractivity contribution in [1.29, 1.82) is 0 Å². The second-order valence-corrected chi connectivity index (χ2v) is 13.6. The van der Waals surface area contributed by atoms with Gasteiger partial charge in [0.25, 0.3) is 5.91 Å². The van der Waals surface area contributed by atoms with Gasteiger partial charge in [-0.3, -0.25) is 9.78 Å². The molecular formula is C41H35N7O4S. The van der Waals surface area contributed by atoms with Crippen molar-refractivity contribution >= 4 is 28.7 Å². The molecule has 1 aliphatic heterocycles. The number of aliphatic hydroxyl groups excluding tert-OH is 1. The van der Waals surface area contributed by atoms with E-state index in [0.717, 1.165) is 44.6 Å². The number of aromatic nitrogens is 6. The standard InChI is InChI=1S/C41H35N7O4S/c49-25-27-14-16-29(17-15-27)38-22-33(26-53-41-45-46-47-48(41)32-9-2-1-3-10-32)51-40(52-38)30-20-18-28(19-21-30)34-11-5-4-8-31(34)23-43-39(50)37-24-42-35-12-6-7-13-36(35)44-37/h1-21,24,33,38,40,49H,22-23,25-26H2,(H,43,50)/t33-,38+,40+/m1/s1. The van der Waals surface area contributed by atoms with Crippen LogP contribution < -0.4 is 5.32 Å². The van der Waals surface area contributed by atoms with E-state index in [4.69, 9.17) is 9.47 Å². The molecule has 3 heterocycles. The van der Waals surface area contributed by atoms with Gasteiger partial charge < -0.3 is 19.9 Å². The van der Waals surface area contributed by atoms with E-state index in [9.17, 15) is 9.90 Å². The number of nitrogens with zero attached hydrogens (tertiary/aromatic N) is 6. The number of tetrazole rings is 1. The maximum atomic E-state index is 13.0. The molecule has 1 aliphatic rings. The van der Waals surface area contributed by atoms with Gasteiger partial charge in [-0.1, -0.05) is 115 Å². The minimum Gasteiger partial charge on any atom is -0.392 e. The van der Waals surface area contributed by atoms with Gasteiger partial charge in [0.2, 0.25) is 5.16 Å². The average molecular weight is 722 g/mol. The van der Waals surface area contributed by atoms with E-state index in [1.54, 1.807) is 4.68 Å². The van der Waals surface area contributed by atoms with Crippen LogP contribution >= 0.6 is 11.8 Å². The lowest BCUT2D eigenvalue weighted by molar-refractivity contribution is -0.245. The highest BCUT2D eigenvalue weighted by Crippen LogP contribution is 2.40. The number of hydrogen-bond donors (Lipinski definition) is 2. The number of thioether (sulfide) groups is 1. The topological polar surface area (TPSA) is 137 Å². The summed E-state index contributed by atoms with van der Waals surface area (Å²) in [7, 11) is 0. The van der Waals surface area contributed by atoms with Gasteiger partial charge in [-0.15, -0.1) is 5.10 Å². The van der Waals surface area contributed by atoms with Crippen molar-refractivity contribution in [3.8, 4) is 16.8 Å². The monoisotopic (exact) mass is 721 g/mol. The highest BCUT2D eigenvalue weighted by Gasteiger charge is 2.33. The maximum absolute atomic E-state index is 13.0. The first-order valence-corrected chi connectivity index (χ1v) is 18.3. The van der Waals surface area contributed by atoms with Crippen LogP contribution in [0.4, 0.5) is 0 Å². The molecule has 7 aromatic rings. The molecular weight excluding hydrogens is 687 g/mol. The van der Waals surface area contributed by atoms with Gasteiger partial charge in [0, 0.05) is 24.3 Å². The van der Waals surface area contributed by atoms with Gasteiger partial charge in [0.05, 0.1) is 41.7 Å². The van der Waals surface area contributed by atoms with E-state index in [-0.39, 0.29) is 30.4 Å². The maximum Gasteiger partial charge on any atom is 0.271 e. The quantitative estimate of drug-likeness (QED) is 0.134.